The maximum Gasteiger partial charge on any atom is 0.339 e. The number of halogens is 2. The second-order valence-corrected chi connectivity index (χ2v) is 6.78. The normalized spacial score (nSPS) is 11.3. The molecule has 0 aliphatic carbocycles. The van der Waals surface area contributed by atoms with Crippen LogP contribution in [-0.4, -0.2) is 25.2 Å². The summed E-state index contributed by atoms with van der Waals surface area (Å²) in [5.41, 5.74) is -0.526. The number of hydrogen-bond donors (Lipinski definition) is 0. The summed E-state index contributed by atoms with van der Waals surface area (Å²) in [5.74, 6) is -4.61. The molecule has 0 saturated heterocycles. The number of unbranched alkanes of at least 4 members (excludes halogenated alkanes) is 6. The van der Waals surface area contributed by atoms with E-state index in [1.165, 1.54) is 18.6 Å². The average Bonchev–Trinajstić information content (AvgIpc) is 2.67. The molecule has 0 amide bonds. The predicted molar refractivity (Wildman–Crippen MR) is 105 cm³/mol. The number of rotatable bonds is 13. The third-order valence-corrected chi connectivity index (χ3v) is 4.53. The molecule has 158 valence electrons. The van der Waals surface area contributed by atoms with Crippen molar-refractivity contribution in [2.75, 3.05) is 13.2 Å². The Morgan fingerprint density at radius 1 is 0.821 bits per heavy atom. The summed E-state index contributed by atoms with van der Waals surface area (Å²) in [4.78, 5) is 24.2. The second kappa shape index (κ2) is 12.5. The zero-order chi connectivity index (χ0) is 21.0. The first-order valence-corrected chi connectivity index (χ1v) is 10.2. The molecule has 0 spiro atoms. The van der Waals surface area contributed by atoms with Crippen LogP contribution in [0.1, 0.15) is 98.4 Å². The zero-order valence-corrected chi connectivity index (χ0v) is 17.2. The Morgan fingerprint density at radius 3 is 1.93 bits per heavy atom. The number of hydrogen-bond acceptors (Lipinski definition) is 4. The summed E-state index contributed by atoms with van der Waals surface area (Å²) in [6, 6.07) is 3.47. The van der Waals surface area contributed by atoms with Crippen molar-refractivity contribution >= 4 is 11.9 Å². The quantitative estimate of drug-likeness (QED) is 0.290. The van der Waals surface area contributed by atoms with Gasteiger partial charge in [0.15, 0.2) is 0 Å². The monoisotopic (exact) mass is 398 g/mol. The van der Waals surface area contributed by atoms with Gasteiger partial charge in [0.25, 0.3) is 5.92 Å². The Bertz CT molecular complexity index is 629. The Balaban J connectivity index is 2.86. The fourth-order valence-electron chi connectivity index (χ4n) is 2.98. The maximum absolute atomic E-state index is 14.6. The van der Waals surface area contributed by atoms with Crippen LogP contribution in [0.15, 0.2) is 18.2 Å². The standard InChI is InChI=1S/C22H32F2O4/c1-4-7-8-9-10-11-12-15-22(23,24)17-13-14-18(20(25)27-5-2)19(16-17)21(26)28-6-3/h13-14,16H,4-12,15H2,1-3H3. The molecule has 6 heteroatoms. The third kappa shape index (κ3) is 7.56. The molecule has 4 nitrogen and oxygen atoms in total. The van der Waals surface area contributed by atoms with E-state index in [1.54, 1.807) is 13.8 Å². The van der Waals surface area contributed by atoms with Gasteiger partial charge in [-0.15, -0.1) is 0 Å². The minimum atomic E-state index is -3.07. The van der Waals surface area contributed by atoms with Crippen molar-refractivity contribution in [3.05, 3.63) is 34.9 Å². The number of esters is 2. The largest absolute Gasteiger partial charge is 0.462 e. The Labute approximate surface area is 166 Å². The smallest absolute Gasteiger partial charge is 0.339 e. The van der Waals surface area contributed by atoms with Gasteiger partial charge >= 0.3 is 11.9 Å². The number of carbonyl (C=O) groups excluding carboxylic acids is 2. The van der Waals surface area contributed by atoms with E-state index in [9.17, 15) is 18.4 Å². The van der Waals surface area contributed by atoms with Gasteiger partial charge < -0.3 is 9.47 Å². The molecule has 28 heavy (non-hydrogen) atoms. The molecular weight excluding hydrogens is 366 g/mol. The van der Waals surface area contributed by atoms with Gasteiger partial charge in [0.1, 0.15) is 0 Å². The molecule has 0 bridgehead atoms. The lowest BCUT2D eigenvalue weighted by Gasteiger charge is -2.18. The molecule has 0 unspecified atom stereocenters. The van der Waals surface area contributed by atoms with Crippen molar-refractivity contribution in [2.24, 2.45) is 0 Å². The summed E-state index contributed by atoms with van der Waals surface area (Å²) in [7, 11) is 0. The molecule has 0 aliphatic heterocycles. The minimum absolute atomic E-state index is 0.0595. The van der Waals surface area contributed by atoms with E-state index in [-0.39, 0.29) is 36.3 Å². The van der Waals surface area contributed by atoms with Crippen molar-refractivity contribution in [1.82, 2.24) is 0 Å². The first-order valence-electron chi connectivity index (χ1n) is 10.2. The van der Waals surface area contributed by atoms with Crippen LogP contribution < -0.4 is 0 Å². The lowest BCUT2D eigenvalue weighted by Crippen LogP contribution is -2.18. The highest BCUT2D eigenvalue weighted by molar-refractivity contribution is 6.03. The van der Waals surface area contributed by atoms with Gasteiger partial charge in [-0.25, -0.2) is 18.4 Å². The van der Waals surface area contributed by atoms with Gasteiger partial charge in [-0.2, -0.15) is 0 Å². The molecule has 0 saturated carbocycles. The molecule has 1 aromatic rings. The summed E-state index contributed by atoms with van der Waals surface area (Å²) < 4.78 is 39.1. The molecule has 1 rings (SSSR count). The molecule has 0 radical (unpaired) electrons. The highest BCUT2D eigenvalue weighted by atomic mass is 19.3. The molecule has 0 aromatic heterocycles. The van der Waals surface area contributed by atoms with Crippen LogP contribution in [0.2, 0.25) is 0 Å². The first kappa shape index (κ1) is 24.1. The van der Waals surface area contributed by atoms with E-state index in [0.717, 1.165) is 38.2 Å². The van der Waals surface area contributed by atoms with E-state index in [4.69, 9.17) is 9.47 Å². The van der Waals surface area contributed by atoms with Gasteiger partial charge in [-0.3, -0.25) is 0 Å². The van der Waals surface area contributed by atoms with E-state index >= 15 is 0 Å². The molecular formula is C22H32F2O4. The first-order chi connectivity index (χ1) is 13.4. The number of alkyl halides is 2. The second-order valence-electron chi connectivity index (χ2n) is 6.78. The van der Waals surface area contributed by atoms with Gasteiger partial charge in [0, 0.05) is 12.0 Å². The van der Waals surface area contributed by atoms with Crippen molar-refractivity contribution in [3.8, 4) is 0 Å². The van der Waals surface area contributed by atoms with Crippen molar-refractivity contribution in [1.29, 1.82) is 0 Å². The summed E-state index contributed by atoms with van der Waals surface area (Å²) in [6.07, 6.45) is 6.38. The van der Waals surface area contributed by atoms with Crippen molar-refractivity contribution in [2.45, 2.75) is 78.1 Å². The number of benzene rings is 1. The molecule has 0 fully saturated rings. The fraction of sp³-hybridized carbons (Fsp3) is 0.636. The highest BCUT2D eigenvalue weighted by Gasteiger charge is 2.33. The van der Waals surface area contributed by atoms with E-state index in [0.29, 0.717) is 6.42 Å². The van der Waals surface area contributed by atoms with Gasteiger partial charge in [-0.1, -0.05) is 51.5 Å². The SMILES string of the molecule is CCCCCCCCCC(F)(F)c1ccc(C(=O)OCC)c(C(=O)OCC)c1. The highest BCUT2D eigenvalue weighted by Crippen LogP contribution is 2.35. The maximum atomic E-state index is 14.6. The summed E-state index contributed by atoms with van der Waals surface area (Å²) >= 11 is 0. The van der Waals surface area contributed by atoms with Crippen molar-refractivity contribution in [3.63, 3.8) is 0 Å². The fourth-order valence-corrected chi connectivity index (χ4v) is 2.98. The molecule has 1 aromatic carbocycles. The molecule has 0 atom stereocenters. The lowest BCUT2D eigenvalue weighted by atomic mass is 9.96. The minimum Gasteiger partial charge on any atom is -0.462 e. The van der Waals surface area contributed by atoms with Crippen molar-refractivity contribution < 1.29 is 27.8 Å². The van der Waals surface area contributed by atoms with Gasteiger partial charge in [0.05, 0.1) is 24.3 Å². The molecule has 0 heterocycles. The molecule has 0 aliphatic rings. The topological polar surface area (TPSA) is 52.6 Å². The Morgan fingerprint density at radius 2 is 1.36 bits per heavy atom. The van der Waals surface area contributed by atoms with Gasteiger partial charge in [0.2, 0.25) is 0 Å². The third-order valence-electron chi connectivity index (χ3n) is 4.53. The zero-order valence-electron chi connectivity index (χ0n) is 17.2. The van der Waals surface area contributed by atoms with E-state index in [1.807, 2.05) is 0 Å². The number of carbonyl (C=O) groups is 2. The number of ether oxygens (including phenoxy) is 2. The van der Waals surface area contributed by atoms with Gasteiger partial charge in [-0.05, 0) is 32.4 Å². The van der Waals surface area contributed by atoms with E-state index in [2.05, 4.69) is 6.92 Å². The summed E-state index contributed by atoms with van der Waals surface area (Å²) in [5, 5.41) is 0. The predicted octanol–water partition coefficient (Wildman–Crippen LogP) is 6.27. The van der Waals surface area contributed by atoms with Crippen LogP contribution in [0, 0.1) is 0 Å². The van der Waals surface area contributed by atoms with Crippen LogP contribution in [0.25, 0.3) is 0 Å². The van der Waals surface area contributed by atoms with Crippen LogP contribution >= 0.6 is 0 Å². The summed E-state index contributed by atoms with van der Waals surface area (Å²) in [6.45, 7) is 5.59. The van der Waals surface area contributed by atoms with Crippen LogP contribution in [-0.2, 0) is 15.4 Å². The van der Waals surface area contributed by atoms with Crippen LogP contribution in [0.5, 0.6) is 0 Å². The van der Waals surface area contributed by atoms with Crippen LogP contribution in [0.4, 0.5) is 8.78 Å². The van der Waals surface area contributed by atoms with E-state index < -0.39 is 17.9 Å². The molecule has 0 N–H and O–H groups in total. The Kier molecular flexibility index (Phi) is 10.7. The lowest BCUT2D eigenvalue weighted by molar-refractivity contribution is -0.0159. The van der Waals surface area contributed by atoms with Crippen LogP contribution in [0.3, 0.4) is 0 Å². The Hall–Kier alpha value is -1.98. The average molecular weight is 398 g/mol.